The summed E-state index contributed by atoms with van der Waals surface area (Å²) in [7, 11) is 1.59. The summed E-state index contributed by atoms with van der Waals surface area (Å²) in [5.41, 5.74) is 4.56. The van der Waals surface area contributed by atoms with Crippen molar-refractivity contribution in [1.29, 1.82) is 0 Å². The third-order valence-corrected chi connectivity index (χ3v) is 5.55. The average molecular weight is 419 g/mol. The Morgan fingerprint density at radius 1 is 0.933 bits per heavy atom. The molecular formula is C22H22N6OS. The lowest BCUT2D eigenvalue weighted by atomic mass is 10.1. The molecule has 0 N–H and O–H groups in total. The van der Waals surface area contributed by atoms with Gasteiger partial charge in [0, 0.05) is 16.5 Å². The lowest BCUT2D eigenvalue weighted by Gasteiger charge is -2.10. The molecule has 30 heavy (non-hydrogen) atoms. The van der Waals surface area contributed by atoms with Crippen LogP contribution in [-0.4, -0.2) is 42.6 Å². The lowest BCUT2D eigenvalue weighted by Crippen LogP contribution is -2.02. The highest BCUT2D eigenvalue weighted by molar-refractivity contribution is 7.99. The summed E-state index contributed by atoms with van der Waals surface area (Å²) >= 11 is 1.83. The van der Waals surface area contributed by atoms with Crippen LogP contribution in [0.15, 0.2) is 53.8 Å². The minimum atomic E-state index is 0.550. The summed E-state index contributed by atoms with van der Waals surface area (Å²) in [6.07, 6.45) is 5.24. The first-order valence-corrected chi connectivity index (χ1v) is 10.6. The number of benzene rings is 1. The monoisotopic (exact) mass is 418 g/mol. The van der Waals surface area contributed by atoms with Crippen LogP contribution in [0.3, 0.4) is 0 Å². The Bertz CT molecular complexity index is 1160. The number of aromatic nitrogens is 6. The summed E-state index contributed by atoms with van der Waals surface area (Å²) in [4.78, 5) is 14.8. The standard InChI is InChI=1S/C22H22N6OS/c1-5-30-17-7-8-18(14(2)10-17)19-12-24-20(13-23-19)22-27-26-15(3)28(22)16-6-9-21(29-4)25-11-16/h6-13H,5H2,1-4H3. The molecule has 0 atom stereocenters. The molecule has 0 aliphatic rings. The molecule has 1 aromatic carbocycles. The molecule has 0 radical (unpaired) electrons. The molecule has 0 unspecified atom stereocenters. The molecular weight excluding hydrogens is 396 g/mol. The fourth-order valence-corrected chi connectivity index (χ4v) is 3.98. The van der Waals surface area contributed by atoms with Gasteiger partial charge in [-0.05, 0) is 43.4 Å². The van der Waals surface area contributed by atoms with Crippen molar-refractivity contribution in [3.05, 3.63) is 60.3 Å². The number of thioether (sulfide) groups is 1. The number of methoxy groups -OCH3 is 1. The van der Waals surface area contributed by atoms with Crippen LogP contribution >= 0.6 is 11.8 Å². The van der Waals surface area contributed by atoms with E-state index in [1.54, 1.807) is 31.8 Å². The number of hydrogen-bond acceptors (Lipinski definition) is 7. The molecule has 0 aliphatic heterocycles. The molecule has 4 rings (SSSR count). The first-order chi connectivity index (χ1) is 14.6. The quantitative estimate of drug-likeness (QED) is 0.426. The van der Waals surface area contributed by atoms with Gasteiger partial charge in [0.2, 0.25) is 5.88 Å². The number of ether oxygens (including phenoxy) is 1. The molecule has 0 amide bonds. The highest BCUT2D eigenvalue weighted by Crippen LogP contribution is 2.28. The van der Waals surface area contributed by atoms with Gasteiger partial charge in [0.05, 0.1) is 37.1 Å². The number of nitrogens with zero attached hydrogens (tertiary/aromatic N) is 6. The summed E-state index contributed by atoms with van der Waals surface area (Å²) in [5, 5.41) is 8.52. The van der Waals surface area contributed by atoms with Crippen molar-refractivity contribution in [3.8, 4) is 34.3 Å². The Labute approximate surface area is 179 Å². The summed E-state index contributed by atoms with van der Waals surface area (Å²) < 4.78 is 7.04. The average Bonchev–Trinajstić information content (AvgIpc) is 3.16. The molecule has 8 heteroatoms. The van der Waals surface area contributed by atoms with E-state index in [0.717, 1.165) is 28.5 Å². The number of aryl methyl sites for hydroxylation is 2. The van der Waals surface area contributed by atoms with Crippen molar-refractivity contribution in [2.24, 2.45) is 0 Å². The van der Waals surface area contributed by atoms with E-state index in [9.17, 15) is 0 Å². The van der Waals surface area contributed by atoms with Gasteiger partial charge in [-0.2, -0.15) is 0 Å². The van der Waals surface area contributed by atoms with Crippen LogP contribution in [0.5, 0.6) is 5.88 Å². The minimum absolute atomic E-state index is 0.550. The third kappa shape index (κ3) is 3.91. The van der Waals surface area contributed by atoms with E-state index in [2.05, 4.69) is 57.2 Å². The molecule has 0 aliphatic carbocycles. The summed E-state index contributed by atoms with van der Waals surface area (Å²) in [5.74, 6) is 2.96. The van der Waals surface area contributed by atoms with Crippen LogP contribution in [0.4, 0.5) is 0 Å². The molecule has 3 heterocycles. The molecule has 0 spiro atoms. The van der Waals surface area contributed by atoms with Gasteiger partial charge >= 0.3 is 0 Å². The Hall–Kier alpha value is -3.26. The topological polar surface area (TPSA) is 78.6 Å². The zero-order valence-electron chi connectivity index (χ0n) is 17.3. The van der Waals surface area contributed by atoms with Gasteiger partial charge in [-0.15, -0.1) is 22.0 Å². The van der Waals surface area contributed by atoms with E-state index in [0.29, 0.717) is 17.4 Å². The lowest BCUT2D eigenvalue weighted by molar-refractivity contribution is 0.398. The summed E-state index contributed by atoms with van der Waals surface area (Å²) in [6.45, 7) is 6.14. The van der Waals surface area contributed by atoms with Crippen molar-refractivity contribution >= 4 is 11.8 Å². The fourth-order valence-electron chi connectivity index (χ4n) is 3.23. The largest absolute Gasteiger partial charge is 0.481 e. The van der Waals surface area contributed by atoms with Crippen LogP contribution in [0.1, 0.15) is 18.3 Å². The molecule has 7 nitrogen and oxygen atoms in total. The Morgan fingerprint density at radius 3 is 2.37 bits per heavy atom. The molecule has 0 fully saturated rings. The van der Waals surface area contributed by atoms with Crippen molar-refractivity contribution < 1.29 is 4.74 Å². The second-order valence-electron chi connectivity index (χ2n) is 6.66. The van der Waals surface area contributed by atoms with Gasteiger partial charge in [-0.25, -0.2) is 9.97 Å². The second kappa shape index (κ2) is 8.62. The van der Waals surface area contributed by atoms with Crippen LogP contribution in [0.25, 0.3) is 28.5 Å². The van der Waals surface area contributed by atoms with Gasteiger partial charge in [-0.1, -0.05) is 13.0 Å². The minimum Gasteiger partial charge on any atom is -0.481 e. The van der Waals surface area contributed by atoms with E-state index in [1.165, 1.54) is 10.5 Å². The first kappa shape index (κ1) is 20.0. The number of rotatable bonds is 6. The van der Waals surface area contributed by atoms with Crippen LogP contribution in [-0.2, 0) is 0 Å². The van der Waals surface area contributed by atoms with E-state index in [4.69, 9.17) is 4.74 Å². The SMILES string of the molecule is CCSc1ccc(-c2cnc(-c3nnc(C)n3-c3ccc(OC)nc3)cn2)c(C)c1. The smallest absolute Gasteiger partial charge is 0.213 e. The van der Waals surface area contributed by atoms with Crippen molar-refractivity contribution in [2.45, 2.75) is 25.7 Å². The highest BCUT2D eigenvalue weighted by atomic mass is 32.2. The van der Waals surface area contributed by atoms with Gasteiger partial charge in [-0.3, -0.25) is 9.55 Å². The summed E-state index contributed by atoms with van der Waals surface area (Å²) in [6, 6.07) is 10.1. The van der Waals surface area contributed by atoms with Gasteiger partial charge in [0.15, 0.2) is 5.82 Å². The van der Waals surface area contributed by atoms with Gasteiger partial charge < -0.3 is 4.74 Å². The number of pyridine rings is 1. The predicted molar refractivity (Wildman–Crippen MR) is 118 cm³/mol. The molecule has 0 saturated carbocycles. The normalized spacial score (nSPS) is 10.9. The van der Waals surface area contributed by atoms with Gasteiger partial charge in [0.1, 0.15) is 11.5 Å². The Balaban J connectivity index is 1.67. The van der Waals surface area contributed by atoms with Crippen molar-refractivity contribution in [2.75, 3.05) is 12.9 Å². The predicted octanol–water partition coefficient (Wildman–Crippen LogP) is 4.52. The molecule has 152 valence electrons. The molecule has 0 bridgehead atoms. The maximum absolute atomic E-state index is 5.14. The molecule has 0 saturated heterocycles. The zero-order chi connectivity index (χ0) is 21.1. The molecule has 4 aromatic rings. The van der Waals surface area contributed by atoms with E-state index in [1.807, 2.05) is 29.3 Å². The third-order valence-electron chi connectivity index (χ3n) is 4.68. The Morgan fingerprint density at radius 2 is 1.73 bits per heavy atom. The highest BCUT2D eigenvalue weighted by Gasteiger charge is 2.15. The zero-order valence-corrected chi connectivity index (χ0v) is 18.1. The Kier molecular flexibility index (Phi) is 5.76. The van der Waals surface area contributed by atoms with Crippen LogP contribution < -0.4 is 4.74 Å². The maximum Gasteiger partial charge on any atom is 0.213 e. The van der Waals surface area contributed by atoms with E-state index in [-0.39, 0.29) is 0 Å². The van der Waals surface area contributed by atoms with E-state index >= 15 is 0 Å². The second-order valence-corrected chi connectivity index (χ2v) is 8.00. The van der Waals surface area contributed by atoms with Crippen LogP contribution in [0.2, 0.25) is 0 Å². The first-order valence-electron chi connectivity index (χ1n) is 9.59. The number of hydrogen-bond donors (Lipinski definition) is 0. The van der Waals surface area contributed by atoms with E-state index < -0.39 is 0 Å². The molecule has 3 aromatic heterocycles. The van der Waals surface area contributed by atoms with Crippen LogP contribution in [0, 0.1) is 13.8 Å². The van der Waals surface area contributed by atoms with Gasteiger partial charge in [0.25, 0.3) is 0 Å². The maximum atomic E-state index is 5.14. The van der Waals surface area contributed by atoms with Crippen molar-refractivity contribution in [3.63, 3.8) is 0 Å². The van der Waals surface area contributed by atoms with Crippen molar-refractivity contribution in [1.82, 2.24) is 29.7 Å². The fraction of sp³-hybridized carbons (Fsp3) is 0.227.